The van der Waals surface area contributed by atoms with Crippen LogP contribution in [0.3, 0.4) is 0 Å². The lowest BCUT2D eigenvalue weighted by Gasteiger charge is -2.20. The normalized spacial score (nSPS) is 12.5. The van der Waals surface area contributed by atoms with Gasteiger partial charge in [0, 0.05) is 11.1 Å². The van der Waals surface area contributed by atoms with Crippen molar-refractivity contribution in [1.29, 1.82) is 0 Å². The highest BCUT2D eigenvalue weighted by molar-refractivity contribution is 6.78. The van der Waals surface area contributed by atoms with E-state index in [0.717, 1.165) is 5.56 Å². The van der Waals surface area contributed by atoms with Gasteiger partial charge in [-0.15, -0.1) is 6.58 Å². The molecule has 1 aromatic carbocycles. The summed E-state index contributed by atoms with van der Waals surface area (Å²) in [6, 6.07) is 10.1. The van der Waals surface area contributed by atoms with Crippen LogP contribution in [0.4, 0.5) is 0 Å². The van der Waals surface area contributed by atoms with Gasteiger partial charge in [-0.3, -0.25) is 0 Å². The van der Waals surface area contributed by atoms with Crippen molar-refractivity contribution < 1.29 is 0 Å². The van der Waals surface area contributed by atoms with Gasteiger partial charge < -0.3 is 0 Å². The highest BCUT2D eigenvalue weighted by Crippen LogP contribution is 2.21. The van der Waals surface area contributed by atoms with Gasteiger partial charge in [0.15, 0.2) is 0 Å². The van der Waals surface area contributed by atoms with Gasteiger partial charge in [-0.1, -0.05) is 55.8 Å². The van der Waals surface area contributed by atoms with E-state index in [9.17, 15) is 0 Å². The molecule has 1 rings (SSSR count). The third-order valence-electron chi connectivity index (χ3n) is 2.31. The number of hydrogen-bond acceptors (Lipinski definition) is 0. The minimum absolute atomic E-state index is 0.373. The Hall–Kier alpha value is -1.26. The summed E-state index contributed by atoms with van der Waals surface area (Å²) in [5.74, 6) is 6.53. The Balaban J connectivity index is 2.85. The molecule has 0 aliphatic heterocycles. The summed E-state index contributed by atoms with van der Waals surface area (Å²) < 4.78 is 0. The molecule has 1 unspecified atom stereocenters. The van der Waals surface area contributed by atoms with Crippen LogP contribution in [0.1, 0.15) is 5.56 Å². The molecule has 15 heavy (non-hydrogen) atoms. The van der Waals surface area contributed by atoms with E-state index in [1.807, 2.05) is 36.4 Å². The highest BCUT2D eigenvalue weighted by atomic mass is 28.3. The fourth-order valence-corrected chi connectivity index (χ4v) is 2.52. The van der Waals surface area contributed by atoms with E-state index >= 15 is 0 Å². The lowest BCUT2D eigenvalue weighted by atomic mass is 10.2. The SMILES string of the molecule is C=CC(C#Cc1ccccc1)[Si](C)(C)C. The highest BCUT2D eigenvalue weighted by Gasteiger charge is 2.21. The lowest BCUT2D eigenvalue weighted by Crippen LogP contribution is -2.25. The number of allylic oxidation sites excluding steroid dienone is 1. The van der Waals surface area contributed by atoms with Gasteiger partial charge >= 0.3 is 0 Å². The summed E-state index contributed by atoms with van der Waals surface area (Å²) in [6.07, 6.45) is 1.99. The van der Waals surface area contributed by atoms with Crippen molar-refractivity contribution >= 4 is 8.07 Å². The maximum absolute atomic E-state index is 3.87. The van der Waals surface area contributed by atoms with Crippen molar-refractivity contribution in [3.63, 3.8) is 0 Å². The van der Waals surface area contributed by atoms with E-state index in [1.54, 1.807) is 0 Å². The summed E-state index contributed by atoms with van der Waals surface area (Å²) in [7, 11) is -1.23. The van der Waals surface area contributed by atoms with Gasteiger partial charge in [-0.2, -0.15) is 0 Å². The molecule has 78 valence electrons. The molecule has 0 nitrogen and oxygen atoms in total. The monoisotopic (exact) mass is 214 g/mol. The molecular weight excluding hydrogens is 196 g/mol. The smallest absolute Gasteiger partial charge is 0.0660 e. The van der Waals surface area contributed by atoms with Crippen LogP contribution in [0.15, 0.2) is 43.0 Å². The van der Waals surface area contributed by atoms with Crippen LogP contribution >= 0.6 is 0 Å². The molecule has 0 amide bonds. The Morgan fingerprint density at radius 2 is 1.80 bits per heavy atom. The maximum atomic E-state index is 3.87. The van der Waals surface area contributed by atoms with Crippen LogP contribution in [-0.4, -0.2) is 8.07 Å². The zero-order valence-electron chi connectivity index (χ0n) is 9.75. The molecule has 1 aromatic rings. The first-order valence-electron chi connectivity index (χ1n) is 5.23. The van der Waals surface area contributed by atoms with Crippen molar-refractivity contribution in [1.82, 2.24) is 0 Å². The Morgan fingerprint density at radius 1 is 1.20 bits per heavy atom. The minimum Gasteiger partial charge on any atom is -0.102 e. The van der Waals surface area contributed by atoms with Crippen LogP contribution in [0, 0.1) is 11.8 Å². The van der Waals surface area contributed by atoms with E-state index in [2.05, 4.69) is 38.1 Å². The van der Waals surface area contributed by atoms with E-state index in [4.69, 9.17) is 0 Å². The van der Waals surface area contributed by atoms with Crippen LogP contribution in [0.2, 0.25) is 25.2 Å². The van der Waals surface area contributed by atoms with Crippen molar-refractivity contribution in [2.75, 3.05) is 0 Å². The molecule has 0 aliphatic carbocycles. The molecular formula is C14H18Si. The molecule has 0 bridgehead atoms. The molecule has 0 spiro atoms. The standard InChI is InChI=1S/C14H18Si/c1-5-14(15(2,3)4)12-11-13-9-7-6-8-10-13/h5-10,14H,1H2,2-4H3. The Kier molecular flexibility index (Phi) is 3.93. The number of benzene rings is 1. The molecule has 1 atom stereocenters. The minimum atomic E-state index is -1.23. The first-order chi connectivity index (χ1) is 7.04. The number of hydrogen-bond donors (Lipinski definition) is 0. The third kappa shape index (κ3) is 3.77. The zero-order valence-corrected chi connectivity index (χ0v) is 10.7. The fourth-order valence-electron chi connectivity index (χ4n) is 1.31. The Bertz CT molecular complexity index is 373. The summed E-state index contributed by atoms with van der Waals surface area (Å²) in [5, 5.41) is 0. The van der Waals surface area contributed by atoms with Crippen molar-refractivity contribution in [2.24, 2.45) is 0 Å². The van der Waals surface area contributed by atoms with Gasteiger partial charge in [0.1, 0.15) is 0 Å². The van der Waals surface area contributed by atoms with Gasteiger partial charge in [0.25, 0.3) is 0 Å². The second-order valence-electron chi connectivity index (χ2n) is 4.71. The van der Waals surface area contributed by atoms with E-state index in [-0.39, 0.29) is 0 Å². The lowest BCUT2D eigenvalue weighted by molar-refractivity contribution is 1.32. The van der Waals surface area contributed by atoms with Crippen LogP contribution in [0.5, 0.6) is 0 Å². The predicted octanol–water partition coefficient (Wildman–Crippen LogP) is 3.93. The molecule has 0 aromatic heterocycles. The average Bonchev–Trinajstić information content (AvgIpc) is 2.18. The summed E-state index contributed by atoms with van der Waals surface area (Å²) in [4.78, 5) is 0. The zero-order chi connectivity index (χ0) is 11.3. The first-order valence-corrected chi connectivity index (χ1v) is 8.81. The summed E-state index contributed by atoms with van der Waals surface area (Å²) >= 11 is 0. The second kappa shape index (κ2) is 5.00. The molecule has 1 heteroatoms. The molecule has 0 fully saturated rings. The van der Waals surface area contributed by atoms with Gasteiger partial charge in [-0.05, 0) is 12.1 Å². The van der Waals surface area contributed by atoms with Crippen LogP contribution in [0.25, 0.3) is 0 Å². The molecule has 0 N–H and O–H groups in total. The molecule has 0 aliphatic rings. The number of rotatable bonds is 2. The Labute approximate surface area is 94.0 Å². The molecule has 0 heterocycles. The van der Waals surface area contributed by atoms with Gasteiger partial charge in [-0.25, -0.2) is 0 Å². The van der Waals surface area contributed by atoms with E-state index in [0.29, 0.717) is 5.54 Å². The van der Waals surface area contributed by atoms with Gasteiger partial charge in [0.05, 0.1) is 8.07 Å². The fraction of sp³-hybridized carbons (Fsp3) is 0.286. The van der Waals surface area contributed by atoms with Crippen LogP contribution < -0.4 is 0 Å². The first kappa shape index (κ1) is 11.8. The van der Waals surface area contributed by atoms with E-state index in [1.165, 1.54) is 0 Å². The van der Waals surface area contributed by atoms with Crippen molar-refractivity contribution in [3.8, 4) is 11.8 Å². The Morgan fingerprint density at radius 3 is 2.27 bits per heavy atom. The summed E-state index contributed by atoms with van der Waals surface area (Å²) in [5.41, 5.74) is 1.46. The predicted molar refractivity (Wildman–Crippen MR) is 70.6 cm³/mol. The third-order valence-corrected chi connectivity index (χ3v) is 4.56. The molecule has 0 radical (unpaired) electrons. The van der Waals surface area contributed by atoms with Crippen molar-refractivity contribution in [3.05, 3.63) is 48.6 Å². The summed E-state index contributed by atoms with van der Waals surface area (Å²) in [6.45, 7) is 10.8. The average molecular weight is 214 g/mol. The largest absolute Gasteiger partial charge is 0.102 e. The second-order valence-corrected chi connectivity index (χ2v) is 10.1. The molecule has 0 saturated heterocycles. The molecule has 0 saturated carbocycles. The van der Waals surface area contributed by atoms with Crippen molar-refractivity contribution in [2.45, 2.75) is 25.2 Å². The van der Waals surface area contributed by atoms with Gasteiger partial charge in [0.2, 0.25) is 0 Å². The quantitative estimate of drug-likeness (QED) is 0.397. The van der Waals surface area contributed by atoms with Crippen LogP contribution in [-0.2, 0) is 0 Å². The van der Waals surface area contributed by atoms with E-state index < -0.39 is 8.07 Å². The topological polar surface area (TPSA) is 0 Å². The maximum Gasteiger partial charge on any atom is 0.0660 e.